The lowest BCUT2D eigenvalue weighted by Gasteiger charge is -2.10. The van der Waals surface area contributed by atoms with Crippen LogP contribution in [-0.2, 0) is 6.54 Å². The summed E-state index contributed by atoms with van der Waals surface area (Å²) in [5, 5.41) is 13.9. The molecule has 3 rings (SSSR count). The number of rotatable bonds is 5. The first-order valence-electron chi connectivity index (χ1n) is 6.80. The van der Waals surface area contributed by atoms with Crippen LogP contribution in [0.4, 0.5) is 11.4 Å². The van der Waals surface area contributed by atoms with E-state index in [1.807, 2.05) is 0 Å². The fourth-order valence-electron chi connectivity index (χ4n) is 2.39. The summed E-state index contributed by atoms with van der Waals surface area (Å²) in [5.74, 6) is 0.727. The molecule has 20 heavy (non-hydrogen) atoms. The van der Waals surface area contributed by atoms with Crippen LogP contribution in [0.3, 0.4) is 0 Å². The van der Waals surface area contributed by atoms with Gasteiger partial charge in [-0.2, -0.15) is 0 Å². The Morgan fingerprint density at radius 2 is 1.80 bits per heavy atom. The van der Waals surface area contributed by atoms with E-state index in [1.165, 1.54) is 36.1 Å². The van der Waals surface area contributed by atoms with Crippen LogP contribution in [0.5, 0.6) is 0 Å². The third kappa shape index (κ3) is 2.79. The summed E-state index contributed by atoms with van der Waals surface area (Å²) in [6.07, 6.45) is 2.57. The number of non-ortho nitro benzene ring substituents is 1. The van der Waals surface area contributed by atoms with Crippen LogP contribution in [0.1, 0.15) is 29.9 Å². The third-order valence-electron chi connectivity index (χ3n) is 3.63. The van der Waals surface area contributed by atoms with Gasteiger partial charge in [-0.1, -0.05) is 24.3 Å². The first-order chi connectivity index (χ1) is 9.74. The number of hydrogen-bond acceptors (Lipinski definition) is 3. The molecule has 0 atom stereocenters. The third-order valence-corrected chi connectivity index (χ3v) is 3.63. The molecule has 1 aliphatic carbocycles. The van der Waals surface area contributed by atoms with Gasteiger partial charge in [-0.05, 0) is 42.0 Å². The maximum atomic E-state index is 10.6. The summed E-state index contributed by atoms with van der Waals surface area (Å²) in [5.41, 5.74) is 3.77. The highest BCUT2D eigenvalue weighted by Gasteiger charge is 2.25. The number of nitro groups is 1. The molecule has 102 valence electrons. The summed E-state index contributed by atoms with van der Waals surface area (Å²) in [6, 6.07) is 15.0. The molecule has 1 N–H and O–H groups in total. The highest BCUT2D eigenvalue weighted by atomic mass is 16.6. The number of benzene rings is 2. The molecule has 1 saturated carbocycles. The van der Waals surface area contributed by atoms with Crippen molar-refractivity contribution in [1.82, 2.24) is 0 Å². The molecule has 2 aromatic carbocycles. The fourth-order valence-corrected chi connectivity index (χ4v) is 2.39. The van der Waals surface area contributed by atoms with Crippen molar-refractivity contribution >= 4 is 11.4 Å². The van der Waals surface area contributed by atoms with E-state index >= 15 is 0 Å². The predicted octanol–water partition coefficient (Wildman–Crippen LogP) is 4.08. The Hall–Kier alpha value is -2.36. The molecule has 0 heterocycles. The van der Waals surface area contributed by atoms with Crippen molar-refractivity contribution < 1.29 is 4.92 Å². The van der Waals surface area contributed by atoms with Gasteiger partial charge in [-0.3, -0.25) is 10.1 Å². The molecule has 1 aliphatic rings. The molecule has 0 unspecified atom stereocenters. The van der Waals surface area contributed by atoms with Gasteiger partial charge in [-0.25, -0.2) is 0 Å². The monoisotopic (exact) mass is 268 g/mol. The number of hydrogen-bond donors (Lipinski definition) is 1. The quantitative estimate of drug-likeness (QED) is 0.656. The summed E-state index contributed by atoms with van der Waals surface area (Å²) < 4.78 is 0. The molecule has 4 nitrogen and oxygen atoms in total. The second-order valence-electron chi connectivity index (χ2n) is 5.13. The Morgan fingerprint density at radius 3 is 2.45 bits per heavy atom. The molecule has 0 aromatic heterocycles. The van der Waals surface area contributed by atoms with Crippen molar-refractivity contribution in [3.05, 3.63) is 69.8 Å². The van der Waals surface area contributed by atoms with E-state index < -0.39 is 0 Å². The number of anilines is 1. The second kappa shape index (κ2) is 5.33. The Kier molecular flexibility index (Phi) is 3.37. The molecular formula is C16H16N2O2. The summed E-state index contributed by atoms with van der Waals surface area (Å²) >= 11 is 0. The van der Waals surface area contributed by atoms with E-state index in [0.29, 0.717) is 0 Å². The summed E-state index contributed by atoms with van der Waals surface area (Å²) in [7, 11) is 0. The SMILES string of the molecule is O=[N+]([O-])c1ccc(NCc2ccccc2C2CC2)cc1. The van der Waals surface area contributed by atoms with E-state index in [-0.39, 0.29) is 10.6 Å². The largest absolute Gasteiger partial charge is 0.381 e. The van der Waals surface area contributed by atoms with Gasteiger partial charge in [0.25, 0.3) is 5.69 Å². The smallest absolute Gasteiger partial charge is 0.269 e. The molecular weight excluding hydrogens is 252 g/mol. The van der Waals surface area contributed by atoms with Crippen molar-refractivity contribution in [2.24, 2.45) is 0 Å². The molecule has 0 aliphatic heterocycles. The first kappa shape index (κ1) is 12.7. The fraction of sp³-hybridized carbons (Fsp3) is 0.250. The van der Waals surface area contributed by atoms with Crippen LogP contribution in [0, 0.1) is 10.1 Å². The van der Waals surface area contributed by atoms with Crippen molar-refractivity contribution in [1.29, 1.82) is 0 Å². The number of nitrogens with one attached hydrogen (secondary N) is 1. The van der Waals surface area contributed by atoms with E-state index in [0.717, 1.165) is 18.2 Å². The minimum atomic E-state index is -0.383. The van der Waals surface area contributed by atoms with Crippen LogP contribution >= 0.6 is 0 Å². The van der Waals surface area contributed by atoms with Crippen LogP contribution in [0.15, 0.2) is 48.5 Å². The van der Waals surface area contributed by atoms with Crippen molar-refractivity contribution in [2.45, 2.75) is 25.3 Å². The van der Waals surface area contributed by atoms with Gasteiger partial charge in [0.2, 0.25) is 0 Å². The Labute approximate surface area is 117 Å². The van der Waals surface area contributed by atoms with Crippen LogP contribution < -0.4 is 5.32 Å². The lowest BCUT2D eigenvalue weighted by atomic mass is 10.0. The van der Waals surface area contributed by atoms with Gasteiger partial charge in [0.1, 0.15) is 0 Å². The highest BCUT2D eigenvalue weighted by molar-refractivity contribution is 5.49. The zero-order valence-electron chi connectivity index (χ0n) is 11.1. The normalized spacial score (nSPS) is 14.0. The maximum absolute atomic E-state index is 10.6. The molecule has 0 bridgehead atoms. The van der Waals surface area contributed by atoms with Crippen molar-refractivity contribution in [2.75, 3.05) is 5.32 Å². The van der Waals surface area contributed by atoms with Gasteiger partial charge in [0.05, 0.1) is 4.92 Å². The average molecular weight is 268 g/mol. The summed E-state index contributed by atoms with van der Waals surface area (Å²) in [6.45, 7) is 0.754. The van der Waals surface area contributed by atoms with E-state index in [9.17, 15) is 10.1 Å². The van der Waals surface area contributed by atoms with Crippen LogP contribution in [-0.4, -0.2) is 4.92 Å². The number of nitro benzene ring substituents is 1. The van der Waals surface area contributed by atoms with E-state index in [2.05, 4.69) is 29.6 Å². The Balaban J connectivity index is 1.68. The topological polar surface area (TPSA) is 55.2 Å². The van der Waals surface area contributed by atoms with Crippen LogP contribution in [0.25, 0.3) is 0 Å². The Morgan fingerprint density at radius 1 is 1.10 bits per heavy atom. The molecule has 0 amide bonds. The molecule has 0 spiro atoms. The molecule has 1 fully saturated rings. The highest BCUT2D eigenvalue weighted by Crippen LogP contribution is 2.41. The lowest BCUT2D eigenvalue weighted by molar-refractivity contribution is -0.384. The molecule has 0 saturated heterocycles. The second-order valence-corrected chi connectivity index (χ2v) is 5.13. The van der Waals surface area contributed by atoms with Gasteiger partial charge in [-0.15, -0.1) is 0 Å². The minimum absolute atomic E-state index is 0.119. The van der Waals surface area contributed by atoms with Crippen molar-refractivity contribution in [3.63, 3.8) is 0 Å². The Bertz CT molecular complexity index is 619. The number of nitrogens with zero attached hydrogens (tertiary/aromatic N) is 1. The average Bonchev–Trinajstić information content (AvgIpc) is 3.30. The maximum Gasteiger partial charge on any atom is 0.269 e. The zero-order valence-corrected chi connectivity index (χ0v) is 11.1. The van der Waals surface area contributed by atoms with Gasteiger partial charge < -0.3 is 5.32 Å². The van der Waals surface area contributed by atoms with Gasteiger partial charge in [0, 0.05) is 24.4 Å². The summed E-state index contributed by atoms with van der Waals surface area (Å²) in [4.78, 5) is 10.2. The van der Waals surface area contributed by atoms with Gasteiger partial charge in [0.15, 0.2) is 0 Å². The van der Waals surface area contributed by atoms with E-state index in [4.69, 9.17) is 0 Å². The molecule has 2 aromatic rings. The molecule has 0 radical (unpaired) electrons. The van der Waals surface area contributed by atoms with Crippen molar-refractivity contribution in [3.8, 4) is 0 Å². The predicted molar refractivity (Wildman–Crippen MR) is 78.8 cm³/mol. The molecule has 4 heteroatoms. The first-order valence-corrected chi connectivity index (χ1v) is 6.80. The van der Waals surface area contributed by atoms with Crippen LogP contribution in [0.2, 0.25) is 0 Å². The lowest BCUT2D eigenvalue weighted by Crippen LogP contribution is -2.02. The van der Waals surface area contributed by atoms with Gasteiger partial charge >= 0.3 is 0 Å². The standard InChI is InChI=1S/C16H16N2O2/c19-18(20)15-9-7-14(8-10-15)17-11-13-3-1-2-4-16(13)12-5-6-12/h1-4,7-10,12,17H,5-6,11H2. The zero-order chi connectivity index (χ0) is 13.9. The van der Waals surface area contributed by atoms with E-state index in [1.54, 1.807) is 12.1 Å². The minimum Gasteiger partial charge on any atom is -0.381 e.